The standard InChI is InChI=1S/C14H8Br2ClFO/c1-7-4-8(6-9(15)5-7)14(19)10-2-3-11(16)12(17)13(10)18/h2-6H,1H3. The van der Waals surface area contributed by atoms with E-state index >= 15 is 0 Å². The Morgan fingerprint density at radius 2 is 1.89 bits per heavy atom. The Hall–Kier alpha value is -0.710. The number of carbonyl (C=O) groups excluding carboxylic acids is 1. The van der Waals surface area contributed by atoms with E-state index in [0.29, 0.717) is 10.0 Å². The topological polar surface area (TPSA) is 17.1 Å². The maximum absolute atomic E-state index is 14.0. The molecule has 5 heteroatoms. The van der Waals surface area contributed by atoms with Gasteiger partial charge in [-0.25, -0.2) is 4.39 Å². The van der Waals surface area contributed by atoms with E-state index < -0.39 is 11.6 Å². The van der Waals surface area contributed by atoms with Crippen LogP contribution in [-0.2, 0) is 0 Å². The normalized spacial score (nSPS) is 10.6. The lowest BCUT2D eigenvalue weighted by Gasteiger charge is -2.07. The third kappa shape index (κ3) is 3.07. The third-order valence-corrected chi connectivity index (χ3v) is 4.30. The molecule has 0 aliphatic carbocycles. The fraction of sp³-hybridized carbons (Fsp3) is 0.0714. The number of halogens is 4. The highest BCUT2D eigenvalue weighted by Crippen LogP contribution is 2.29. The molecule has 0 saturated heterocycles. The predicted molar refractivity (Wildman–Crippen MR) is 81.4 cm³/mol. The van der Waals surface area contributed by atoms with Crippen LogP contribution < -0.4 is 0 Å². The molecule has 0 spiro atoms. The molecule has 0 aliphatic rings. The summed E-state index contributed by atoms with van der Waals surface area (Å²) in [5, 5.41) is -0.0856. The maximum atomic E-state index is 14.0. The number of aryl methyl sites for hydroxylation is 1. The van der Waals surface area contributed by atoms with Gasteiger partial charge in [0.1, 0.15) is 0 Å². The highest BCUT2D eigenvalue weighted by atomic mass is 79.9. The Balaban J connectivity index is 2.53. The maximum Gasteiger partial charge on any atom is 0.196 e. The van der Waals surface area contributed by atoms with Crippen molar-refractivity contribution in [1.29, 1.82) is 0 Å². The molecule has 0 aromatic heterocycles. The van der Waals surface area contributed by atoms with Crippen LogP contribution in [0, 0.1) is 12.7 Å². The Labute approximate surface area is 132 Å². The Morgan fingerprint density at radius 3 is 2.53 bits per heavy atom. The average Bonchev–Trinajstić information content (AvgIpc) is 2.34. The predicted octanol–water partition coefficient (Wildman–Crippen LogP) is 5.54. The highest BCUT2D eigenvalue weighted by molar-refractivity contribution is 9.10. The number of hydrogen-bond donors (Lipinski definition) is 0. The molecule has 2 aromatic rings. The van der Waals surface area contributed by atoms with Gasteiger partial charge in [-0.05, 0) is 58.7 Å². The molecule has 98 valence electrons. The van der Waals surface area contributed by atoms with E-state index in [1.165, 1.54) is 6.07 Å². The van der Waals surface area contributed by atoms with Crippen LogP contribution in [0.5, 0.6) is 0 Å². The second-order valence-electron chi connectivity index (χ2n) is 4.07. The molecule has 0 amide bonds. The minimum Gasteiger partial charge on any atom is -0.288 e. The molecule has 0 bridgehead atoms. The Morgan fingerprint density at radius 1 is 1.21 bits per heavy atom. The first-order valence-corrected chi connectivity index (χ1v) is 7.32. The second-order valence-corrected chi connectivity index (χ2v) is 6.22. The quantitative estimate of drug-likeness (QED) is 0.473. The van der Waals surface area contributed by atoms with Crippen LogP contribution in [0.25, 0.3) is 0 Å². The van der Waals surface area contributed by atoms with Crippen LogP contribution in [0.1, 0.15) is 21.5 Å². The van der Waals surface area contributed by atoms with Crippen molar-refractivity contribution in [2.45, 2.75) is 6.92 Å². The smallest absolute Gasteiger partial charge is 0.196 e. The van der Waals surface area contributed by atoms with Crippen molar-refractivity contribution in [1.82, 2.24) is 0 Å². The number of ketones is 1. The lowest BCUT2D eigenvalue weighted by atomic mass is 10.0. The van der Waals surface area contributed by atoms with E-state index in [0.717, 1.165) is 10.0 Å². The SMILES string of the molecule is Cc1cc(Br)cc(C(=O)c2ccc(Br)c(Cl)c2F)c1. The zero-order valence-electron chi connectivity index (χ0n) is 9.81. The first kappa shape index (κ1) is 14.7. The van der Waals surface area contributed by atoms with E-state index in [1.807, 2.05) is 13.0 Å². The molecule has 0 fully saturated rings. The summed E-state index contributed by atoms with van der Waals surface area (Å²) in [5.74, 6) is -1.10. The molecule has 1 nitrogen and oxygen atoms in total. The fourth-order valence-corrected chi connectivity index (χ4v) is 2.80. The Kier molecular flexibility index (Phi) is 4.43. The lowest BCUT2D eigenvalue weighted by molar-refractivity contribution is 0.103. The van der Waals surface area contributed by atoms with Crippen LogP contribution in [0.4, 0.5) is 4.39 Å². The van der Waals surface area contributed by atoms with Crippen LogP contribution in [-0.4, -0.2) is 5.78 Å². The first-order chi connectivity index (χ1) is 8.90. The van der Waals surface area contributed by atoms with Crippen molar-refractivity contribution in [3.63, 3.8) is 0 Å². The first-order valence-electron chi connectivity index (χ1n) is 5.35. The molecular weight excluding hydrogens is 398 g/mol. The van der Waals surface area contributed by atoms with Gasteiger partial charge in [0, 0.05) is 14.5 Å². The molecule has 0 radical (unpaired) electrons. The van der Waals surface area contributed by atoms with Crippen LogP contribution in [0.3, 0.4) is 0 Å². The van der Waals surface area contributed by atoms with E-state index in [4.69, 9.17) is 11.6 Å². The molecule has 0 aliphatic heterocycles. The lowest BCUT2D eigenvalue weighted by Crippen LogP contribution is -2.05. The summed E-state index contributed by atoms with van der Waals surface area (Å²) in [6, 6.07) is 8.22. The minimum absolute atomic E-state index is 0.0364. The third-order valence-electron chi connectivity index (χ3n) is 2.58. The average molecular weight is 406 g/mol. The van der Waals surface area contributed by atoms with Crippen molar-refractivity contribution < 1.29 is 9.18 Å². The van der Waals surface area contributed by atoms with E-state index in [1.54, 1.807) is 18.2 Å². The molecule has 0 unspecified atom stereocenters. The van der Waals surface area contributed by atoms with Gasteiger partial charge in [-0.3, -0.25) is 4.79 Å². The summed E-state index contributed by atoms with van der Waals surface area (Å²) in [6.07, 6.45) is 0. The molecular formula is C14H8Br2ClFO. The summed E-state index contributed by atoms with van der Waals surface area (Å²) in [5.41, 5.74) is 1.30. The zero-order valence-corrected chi connectivity index (χ0v) is 13.7. The number of hydrogen-bond acceptors (Lipinski definition) is 1. The molecule has 2 rings (SSSR count). The number of benzene rings is 2. The molecule has 0 atom stereocenters. The number of carbonyl (C=O) groups is 1. The van der Waals surface area contributed by atoms with Crippen molar-refractivity contribution in [2.24, 2.45) is 0 Å². The van der Waals surface area contributed by atoms with Gasteiger partial charge < -0.3 is 0 Å². The summed E-state index contributed by atoms with van der Waals surface area (Å²) in [7, 11) is 0. The molecule has 2 aromatic carbocycles. The highest BCUT2D eigenvalue weighted by Gasteiger charge is 2.18. The van der Waals surface area contributed by atoms with Crippen molar-refractivity contribution >= 4 is 49.2 Å². The van der Waals surface area contributed by atoms with E-state index in [2.05, 4.69) is 31.9 Å². The van der Waals surface area contributed by atoms with Gasteiger partial charge in [0.05, 0.1) is 10.6 Å². The number of rotatable bonds is 2. The fourth-order valence-electron chi connectivity index (χ4n) is 1.72. The van der Waals surface area contributed by atoms with E-state index in [9.17, 15) is 9.18 Å². The molecule has 19 heavy (non-hydrogen) atoms. The Bertz CT molecular complexity index is 650. The monoisotopic (exact) mass is 404 g/mol. The van der Waals surface area contributed by atoms with Crippen LogP contribution in [0.15, 0.2) is 39.3 Å². The van der Waals surface area contributed by atoms with Gasteiger partial charge in [0.2, 0.25) is 0 Å². The summed E-state index contributed by atoms with van der Waals surface area (Å²) in [6.45, 7) is 1.87. The summed E-state index contributed by atoms with van der Waals surface area (Å²) < 4.78 is 15.2. The van der Waals surface area contributed by atoms with Crippen molar-refractivity contribution in [2.75, 3.05) is 0 Å². The summed E-state index contributed by atoms with van der Waals surface area (Å²) >= 11 is 12.2. The van der Waals surface area contributed by atoms with Crippen LogP contribution in [0.2, 0.25) is 5.02 Å². The second kappa shape index (κ2) is 5.73. The minimum atomic E-state index is -0.710. The van der Waals surface area contributed by atoms with Gasteiger partial charge >= 0.3 is 0 Å². The van der Waals surface area contributed by atoms with Gasteiger partial charge in [-0.1, -0.05) is 27.5 Å². The molecule has 0 heterocycles. The van der Waals surface area contributed by atoms with Gasteiger partial charge in [0.15, 0.2) is 11.6 Å². The van der Waals surface area contributed by atoms with Gasteiger partial charge in [0.25, 0.3) is 0 Å². The van der Waals surface area contributed by atoms with Crippen molar-refractivity contribution in [3.8, 4) is 0 Å². The zero-order chi connectivity index (χ0) is 14.2. The molecule has 0 N–H and O–H groups in total. The van der Waals surface area contributed by atoms with Crippen LogP contribution >= 0.6 is 43.5 Å². The molecule has 0 saturated carbocycles. The van der Waals surface area contributed by atoms with Crippen molar-refractivity contribution in [3.05, 3.63) is 66.8 Å². The summed E-state index contributed by atoms with van der Waals surface area (Å²) in [4.78, 5) is 12.3. The van der Waals surface area contributed by atoms with Gasteiger partial charge in [-0.2, -0.15) is 0 Å². The largest absolute Gasteiger partial charge is 0.288 e. The van der Waals surface area contributed by atoms with Gasteiger partial charge in [-0.15, -0.1) is 0 Å². The van der Waals surface area contributed by atoms with E-state index in [-0.39, 0.29) is 10.6 Å².